The van der Waals surface area contributed by atoms with Crippen LogP contribution in [0.3, 0.4) is 0 Å². The van der Waals surface area contributed by atoms with Crippen molar-refractivity contribution in [1.82, 2.24) is 19.8 Å². The lowest BCUT2D eigenvalue weighted by atomic mass is 10.1. The molecule has 0 aliphatic heterocycles. The van der Waals surface area contributed by atoms with Crippen molar-refractivity contribution in [2.45, 2.75) is 25.4 Å². The van der Waals surface area contributed by atoms with Crippen LogP contribution < -0.4 is 5.32 Å². The largest absolute Gasteiger partial charge is 0.462 e. The van der Waals surface area contributed by atoms with E-state index in [1.54, 1.807) is 35.7 Å². The van der Waals surface area contributed by atoms with E-state index in [4.69, 9.17) is 4.74 Å². The molecule has 4 rings (SSSR count). The topological polar surface area (TPSA) is 98.5 Å². The van der Waals surface area contributed by atoms with Gasteiger partial charge in [0.1, 0.15) is 0 Å². The van der Waals surface area contributed by atoms with E-state index in [1.807, 2.05) is 24.3 Å². The maximum atomic E-state index is 12.6. The molecule has 0 saturated heterocycles. The van der Waals surface area contributed by atoms with Gasteiger partial charge in [0.05, 0.1) is 29.3 Å². The van der Waals surface area contributed by atoms with Crippen molar-refractivity contribution in [1.29, 1.82) is 0 Å². The van der Waals surface area contributed by atoms with Crippen molar-refractivity contribution in [3.05, 3.63) is 71.8 Å². The summed E-state index contributed by atoms with van der Waals surface area (Å²) in [6, 6.07) is 18.7. The summed E-state index contributed by atoms with van der Waals surface area (Å²) in [7, 11) is 0. The van der Waals surface area contributed by atoms with E-state index in [1.165, 1.54) is 17.3 Å². The average molecular weight is 462 g/mol. The molecule has 33 heavy (non-hydrogen) atoms. The second kappa shape index (κ2) is 10.3. The number of carbonyl (C=O) groups is 2. The number of thioether (sulfide) groups is 1. The second-order valence-electron chi connectivity index (χ2n) is 7.12. The zero-order chi connectivity index (χ0) is 23.2. The molecule has 168 valence electrons. The van der Waals surface area contributed by atoms with Crippen LogP contribution in [0.1, 0.15) is 29.8 Å². The van der Waals surface area contributed by atoms with Crippen molar-refractivity contribution in [3.8, 4) is 11.3 Å². The Bertz CT molecular complexity index is 1290. The molecule has 1 amide bonds. The molecule has 0 atom stereocenters. The third-order valence-corrected chi connectivity index (χ3v) is 5.84. The maximum Gasteiger partial charge on any atom is 0.340 e. The van der Waals surface area contributed by atoms with Gasteiger partial charge < -0.3 is 10.1 Å². The van der Waals surface area contributed by atoms with Gasteiger partial charge in [0.25, 0.3) is 0 Å². The molecule has 0 bridgehead atoms. The first kappa shape index (κ1) is 22.5. The summed E-state index contributed by atoms with van der Waals surface area (Å²) in [6.07, 6.45) is 0.977. The predicted octanol–water partition coefficient (Wildman–Crippen LogP) is 4.26. The molecule has 0 aliphatic carbocycles. The molecular weight excluding hydrogens is 438 g/mol. The number of aryl methyl sites for hydroxylation is 1. The highest BCUT2D eigenvalue weighted by atomic mass is 32.2. The molecule has 0 saturated carbocycles. The number of para-hydroxylation sites is 1. The van der Waals surface area contributed by atoms with E-state index in [0.717, 1.165) is 17.7 Å². The van der Waals surface area contributed by atoms with Gasteiger partial charge in [-0.3, -0.25) is 4.79 Å². The Morgan fingerprint density at radius 1 is 1.00 bits per heavy atom. The number of nitrogens with zero attached hydrogens (tertiary/aromatic N) is 4. The number of hydrogen-bond acceptors (Lipinski definition) is 7. The molecule has 0 radical (unpaired) electrons. The summed E-state index contributed by atoms with van der Waals surface area (Å²) >= 11 is 1.22. The molecule has 9 heteroatoms. The molecule has 1 N–H and O–H groups in total. The smallest absolute Gasteiger partial charge is 0.340 e. The number of esters is 1. The number of nitrogens with one attached hydrogen (secondary N) is 1. The van der Waals surface area contributed by atoms with Crippen LogP contribution in [-0.4, -0.2) is 44.0 Å². The molecule has 0 fully saturated rings. The average Bonchev–Trinajstić information content (AvgIpc) is 3.25. The number of ether oxygens (including phenoxy) is 1. The Labute approximate surface area is 195 Å². The summed E-state index contributed by atoms with van der Waals surface area (Å²) in [5.41, 5.74) is 4.36. The van der Waals surface area contributed by atoms with E-state index in [0.29, 0.717) is 22.1 Å². The summed E-state index contributed by atoms with van der Waals surface area (Å²) in [5.74, 6) is -0.678. The van der Waals surface area contributed by atoms with Crippen molar-refractivity contribution < 1.29 is 14.3 Å². The van der Waals surface area contributed by atoms with Crippen LogP contribution in [0, 0.1) is 0 Å². The Kier molecular flexibility index (Phi) is 6.99. The summed E-state index contributed by atoms with van der Waals surface area (Å²) in [6.45, 7) is 4.11. The first-order chi connectivity index (χ1) is 16.1. The van der Waals surface area contributed by atoms with E-state index in [2.05, 4.69) is 39.7 Å². The highest BCUT2D eigenvalue weighted by Gasteiger charge is 2.16. The Morgan fingerprint density at radius 2 is 1.79 bits per heavy atom. The SMILES string of the molecule is CCOC(=O)c1ccccc1NC(=O)CSc1nnc2ccc(-c3ccc(CC)cc3)nn12. The molecule has 0 unspecified atom stereocenters. The number of hydrogen-bond donors (Lipinski definition) is 1. The van der Waals surface area contributed by atoms with Crippen LogP contribution in [-0.2, 0) is 16.0 Å². The van der Waals surface area contributed by atoms with E-state index in [-0.39, 0.29) is 18.3 Å². The maximum absolute atomic E-state index is 12.6. The number of amides is 1. The lowest BCUT2D eigenvalue weighted by molar-refractivity contribution is -0.113. The Hall–Kier alpha value is -3.72. The number of rotatable bonds is 8. The minimum absolute atomic E-state index is 0.0784. The number of aromatic nitrogens is 4. The molecule has 4 aromatic rings. The van der Waals surface area contributed by atoms with Crippen molar-refractivity contribution in [2.75, 3.05) is 17.7 Å². The highest BCUT2D eigenvalue weighted by Crippen LogP contribution is 2.22. The second-order valence-corrected chi connectivity index (χ2v) is 8.07. The van der Waals surface area contributed by atoms with Gasteiger partial charge in [0.15, 0.2) is 5.65 Å². The van der Waals surface area contributed by atoms with Crippen LogP contribution >= 0.6 is 11.8 Å². The monoisotopic (exact) mass is 461 g/mol. The Morgan fingerprint density at radius 3 is 2.55 bits per heavy atom. The van der Waals surface area contributed by atoms with Gasteiger partial charge in [-0.25, -0.2) is 4.79 Å². The van der Waals surface area contributed by atoms with Crippen LogP contribution in [0.5, 0.6) is 0 Å². The first-order valence-electron chi connectivity index (χ1n) is 10.6. The molecule has 2 aromatic carbocycles. The number of anilines is 1. The highest BCUT2D eigenvalue weighted by molar-refractivity contribution is 7.99. The van der Waals surface area contributed by atoms with E-state index >= 15 is 0 Å². The fourth-order valence-corrected chi connectivity index (χ4v) is 3.91. The number of fused-ring (bicyclic) bond motifs is 1. The van der Waals surface area contributed by atoms with Gasteiger partial charge in [-0.15, -0.1) is 10.2 Å². The summed E-state index contributed by atoms with van der Waals surface area (Å²) in [4.78, 5) is 24.7. The lowest BCUT2D eigenvalue weighted by Crippen LogP contribution is -2.17. The van der Waals surface area contributed by atoms with Crippen LogP contribution in [0.2, 0.25) is 0 Å². The van der Waals surface area contributed by atoms with Gasteiger partial charge in [-0.1, -0.05) is 55.1 Å². The van der Waals surface area contributed by atoms with Crippen molar-refractivity contribution in [2.24, 2.45) is 0 Å². The normalized spacial score (nSPS) is 10.8. The lowest BCUT2D eigenvalue weighted by Gasteiger charge is -2.10. The van der Waals surface area contributed by atoms with Crippen molar-refractivity contribution in [3.63, 3.8) is 0 Å². The van der Waals surface area contributed by atoms with Gasteiger partial charge in [-0.2, -0.15) is 9.61 Å². The Balaban J connectivity index is 1.47. The molecule has 0 spiro atoms. The fraction of sp³-hybridized carbons (Fsp3) is 0.208. The summed E-state index contributed by atoms with van der Waals surface area (Å²) in [5, 5.41) is 16.2. The molecule has 8 nitrogen and oxygen atoms in total. The van der Waals surface area contributed by atoms with Gasteiger partial charge in [0.2, 0.25) is 11.1 Å². The van der Waals surface area contributed by atoms with Crippen molar-refractivity contribution >= 4 is 35.0 Å². The van der Waals surface area contributed by atoms with Gasteiger partial charge >= 0.3 is 5.97 Å². The van der Waals surface area contributed by atoms with E-state index < -0.39 is 5.97 Å². The van der Waals surface area contributed by atoms with Gasteiger partial charge in [-0.05, 0) is 43.2 Å². The minimum atomic E-state index is -0.479. The fourth-order valence-electron chi connectivity index (χ4n) is 3.22. The molecule has 2 aromatic heterocycles. The summed E-state index contributed by atoms with van der Waals surface area (Å²) < 4.78 is 6.68. The molecule has 2 heterocycles. The minimum Gasteiger partial charge on any atom is -0.462 e. The third-order valence-electron chi connectivity index (χ3n) is 4.92. The third kappa shape index (κ3) is 5.20. The number of carbonyl (C=O) groups excluding carboxylic acids is 2. The zero-order valence-corrected chi connectivity index (χ0v) is 19.1. The standard InChI is InChI=1S/C24H23N5O3S/c1-3-16-9-11-17(12-10-16)19-13-14-21-26-27-24(29(21)28-19)33-15-22(30)25-20-8-6-5-7-18(20)23(31)32-4-2/h5-14H,3-4,15H2,1-2H3,(H,25,30). The van der Waals surface area contributed by atoms with Gasteiger partial charge in [0, 0.05) is 5.56 Å². The first-order valence-corrected chi connectivity index (χ1v) is 11.6. The van der Waals surface area contributed by atoms with E-state index in [9.17, 15) is 9.59 Å². The predicted molar refractivity (Wildman–Crippen MR) is 127 cm³/mol. The van der Waals surface area contributed by atoms with Crippen LogP contribution in [0.15, 0.2) is 65.8 Å². The van der Waals surface area contributed by atoms with Crippen LogP contribution in [0.4, 0.5) is 5.69 Å². The molecule has 0 aliphatic rings. The number of benzene rings is 2. The molecular formula is C24H23N5O3S. The quantitative estimate of drug-likeness (QED) is 0.309. The zero-order valence-electron chi connectivity index (χ0n) is 18.3. The van der Waals surface area contributed by atoms with Crippen LogP contribution in [0.25, 0.3) is 16.9 Å².